The van der Waals surface area contributed by atoms with E-state index in [0.717, 1.165) is 11.3 Å². The Morgan fingerprint density at radius 1 is 1.09 bits per heavy atom. The van der Waals surface area contributed by atoms with Gasteiger partial charge in [-0.15, -0.1) is 0 Å². The van der Waals surface area contributed by atoms with E-state index in [-0.39, 0.29) is 5.41 Å². The van der Waals surface area contributed by atoms with Crippen molar-refractivity contribution in [3.63, 3.8) is 0 Å². The average molecular weight is 312 g/mol. The van der Waals surface area contributed by atoms with E-state index in [1.54, 1.807) is 0 Å². The molecule has 0 N–H and O–H groups in total. The van der Waals surface area contributed by atoms with Crippen LogP contribution in [0, 0.1) is 0 Å². The Hall–Kier alpha value is -1.93. The third kappa shape index (κ3) is 1.56. The van der Waals surface area contributed by atoms with Crippen LogP contribution in [0.3, 0.4) is 0 Å². The summed E-state index contributed by atoms with van der Waals surface area (Å²) in [5, 5.41) is 0.695. The average Bonchev–Trinajstić information content (AvgIpc) is 2.67. The molecule has 0 amide bonds. The predicted octanol–water partition coefficient (Wildman–Crippen LogP) is 4.87. The van der Waals surface area contributed by atoms with E-state index in [1.165, 1.54) is 11.3 Å². The second-order valence-electron chi connectivity index (χ2n) is 6.52. The summed E-state index contributed by atoms with van der Waals surface area (Å²) >= 11 is 6.15. The number of halogens is 1. The predicted molar refractivity (Wildman–Crippen MR) is 91.7 cm³/mol. The molecule has 112 valence electrons. The van der Waals surface area contributed by atoms with Crippen molar-refractivity contribution in [2.75, 3.05) is 11.9 Å². The third-order valence-corrected chi connectivity index (χ3v) is 5.30. The Morgan fingerprint density at radius 3 is 2.64 bits per heavy atom. The molecule has 2 nitrogen and oxygen atoms in total. The minimum atomic E-state index is -0.533. The minimum Gasteiger partial charge on any atom is -0.463 e. The number of para-hydroxylation sites is 1. The molecule has 2 heterocycles. The second-order valence-corrected chi connectivity index (χ2v) is 6.95. The van der Waals surface area contributed by atoms with Crippen LogP contribution in [-0.2, 0) is 5.41 Å². The summed E-state index contributed by atoms with van der Waals surface area (Å²) in [4.78, 5) is 2.22. The molecule has 0 bridgehead atoms. The van der Waals surface area contributed by atoms with Crippen LogP contribution >= 0.6 is 11.6 Å². The summed E-state index contributed by atoms with van der Waals surface area (Å²) < 4.78 is 6.53. The van der Waals surface area contributed by atoms with E-state index in [4.69, 9.17) is 16.3 Å². The van der Waals surface area contributed by atoms with E-state index in [9.17, 15) is 0 Å². The van der Waals surface area contributed by atoms with Gasteiger partial charge >= 0.3 is 0 Å². The molecule has 2 aliphatic heterocycles. The molecule has 4 rings (SSSR count). The second kappa shape index (κ2) is 4.30. The fourth-order valence-corrected chi connectivity index (χ4v) is 3.90. The number of rotatable bonds is 0. The molecule has 2 aliphatic rings. The normalized spacial score (nSPS) is 24.1. The number of ether oxygens (including phenoxy) is 1. The van der Waals surface area contributed by atoms with Crippen LogP contribution in [0.5, 0.6) is 5.75 Å². The molecule has 22 heavy (non-hydrogen) atoms. The van der Waals surface area contributed by atoms with Gasteiger partial charge in [-0.1, -0.05) is 29.8 Å². The van der Waals surface area contributed by atoms with Gasteiger partial charge in [0.25, 0.3) is 0 Å². The molecule has 1 atom stereocenters. The maximum absolute atomic E-state index is 6.53. The molecular formula is C19H18ClNO. The number of nitrogens with zero attached hydrogens (tertiary/aromatic N) is 1. The highest BCUT2D eigenvalue weighted by Crippen LogP contribution is 2.54. The minimum absolute atomic E-state index is 0.172. The van der Waals surface area contributed by atoms with Crippen molar-refractivity contribution in [3.8, 4) is 5.75 Å². The quantitative estimate of drug-likeness (QED) is 0.688. The van der Waals surface area contributed by atoms with E-state index in [1.807, 2.05) is 18.2 Å². The van der Waals surface area contributed by atoms with Crippen LogP contribution in [0.15, 0.2) is 48.5 Å². The Balaban J connectivity index is 1.91. The number of hydrogen-bond acceptors (Lipinski definition) is 2. The first-order chi connectivity index (χ1) is 10.5. The fraction of sp³-hybridized carbons (Fsp3) is 0.263. The van der Waals surface area contributed by atoms with Gasteiger partial charge in [0.05, 0.1) is 5.41 Å². The summed E-state index contributed by atoms with van der Waals surface area (Å²) in [6, 6.07) is 14.3. The molecule has 0 aromatic heterocycles. The first kappa shape index (κ1) is 13.7. The van der Waals surface area contributed by atoms with Gasteiger partial charge in [-0.3, -0.25) is 0 Å². The highest BCUT2D eigenvalue weighted by molar-refractivity contribution is 6.30. The number of likely N-dealkylation sites (N-methyl/N-ethyl adjacent to an activating group) is 1. The van der Waals surface area contributed by atoms with E-state index >= 15 is 0 Å². The Bertz CT molecular complexity index is 796. The molecule has 1 unspecified atom stereocenters. The molecule has 0 fully saturated rings. The molecule has 0 aliphatic carbocycles. The standard InChI is InChI=1S/C19H18ClNO/c1-18(2)15-6-4-5-7-16(15)21(3)19(18)11-10-13-8-9-14(20)12-17(13)22-19/h4-12H,1-3H3. The Kier molecular flexibility index (Phi) is 2.68. The Morgan fingerprint density at radius 2 is 1.86 bits per heavy atom. The fourth-order valence-electron chi connectivity index (χ4n) is 3.74. The highest BCUT2D eigenvalue weighted by atomic mass is 35.5. The van der Waals surface area contributed by atoms with E-state index < -0.39 is 5.72 Å². The zero-order chi connectivity index (χ0) is 15.5. The van der Waals surface area contributed by atoms with Gasteiger partial charge in [0.2, 0.25) is 5.72 Å². The van der Waals surface area contributed by atoms with Crippen LogP contribution in [0.4, 0.5) is 5.69 Å². The SMILES string of the molecule is CN1c2ccccc2C(C)(C)C12C=Cc1ccc(Cl)cc1O2. The lowest BCUT2D eigenvalue weighted by molar-refractivity contribution is 0.0582. The van der Waals surface area contributed by atoms with Gasteiger partial charge in [0.15, 0.2) is 0 Å². The Labute approximate surface area is 136 Å². The smallest absolute Gasteiger partial charge is 0.211 e. The number of fused-ring (bicyclic) bond motifs is 2. The molecule has 1 spiro atoms. The first-order valence-electron chi connectivity index (χ1n) is 7.47. The maximum atomic E-state index is 6.53. The van der Waals surface area contributed by atoms with Gasteiger partial charge in [-0.2, -0.15) is 0 Å². The summed E-state index contributed by atoms with van der Waals surface area (Å²) in [5.74, 6) is 0.836. The monoisotopic (exact) mass is 311 g/mol. The summed E-state index contributed by atoms with van der Waals surface area (Å²) in [5.41, 5.74) is 2.87. The van der Waals surface area contributed by atoms with Crippen LogP contribution < -0.4 is 9.64 Å². The number of benzene rings is 2. The van der Waals surface area contributed by atoms with Gasteiger partial charge in [-0.05, 0) is 55.8 Å². The lowest BCUT2D eigenvalue weighted by Gasteiger charge is -2.45. The van der Waals surface area contributed by atoms with Gasteiger partial charge < -0.3 is 9.64 Å². The maximum Gasteiger partial charge on any atom is 0.211 e. The molecule has 0 radical (unpaired) electrons. The largest absolute Gasteiger partial charge is 0.463 e. The van der Waals surface area contributed by atoms with Crippen molar-refractivity contribution in [1.29, 1.82) is 0 Å². The molecular weight excluding hydrogens is 294 g/mol. The van der Waals surface area contributed by atoms with Crippen LogP contribution in [0.1, 0.15) is 25.0 Å². The number of hydrogen-bond donors (Lipinski definition) is 0. The van der Waals surface area contributed by atoms with Crippen LogP contribution in [0.25, 0.3) is 6.08 Å². The van der Waals surface area contributed by atoms with Crippen molar-refractivity contribution < 1.29 is 4.74 Å². The summed E-state index contributed by atoms with van der Waals surface area (Å²) in [6.07, 6.45) is 4.31. The van der Waals surface area contributed by atoms with Crippen molar-refractivity contribution in [2.45, 2.75) is 25.0 Å². The highest BCUT2D eigenvalue weighted by Gasteiger charge is 2.57. The topological polar surface area (TPSA) is 12.5 Å². The first-order valence-corrected chi connectivity index (χ1v) is 7.85. The van der Waals surface area contributed by atoms with Crippen molar-refractivity contribution in [1.82, 2.24) is 0 Å². The molecule has 0 saturated heterocycles. The van der Waals surface area contributed by atoms with Gasteiger partial charge in [0, 0.05) is 23.3 Å². The number of anilines is 1. The van der Waals surface area contributed by atoms with Gasteiger partial charge in [-0.25, -0.2) is 0 Å². The lowest BCUT2D eigenvalue weighted by atomic mass is 9.76. The van der Waals surface area contributed by atoms with Gasteiger partial charge in [0.1, 0.15) is 5.75 Å². The van der Waals surface area contributed by atoms with E-state index in [0.29, 0.717) is 5.02 Å². The summed E-state index contributed by atoms with van der Waals surface area (Å²) in [7, 11) is 2.09. The molecule has 0 saturated carbocycles. The zero-order valence-corrected chi connectivity index (χ0v) is 13.7. The molecule has 3 heteroatoms. The molecule has 2 aromatic rings. The zero-order valence-electron chi connectivity index (χ0n) is 12.9. The molecule has 2 aromatic carbocycles. The lowest BCUT2D eigenvalue weighted by Crippen LogP contribution is -2.58. The van der Waals surface area contributed by atoms with Crippen molar-refractivity contribution in [2.24, 2.45) is 0 Å². The van der Waals surface area contributed by atoms with Crippen LogP contribution in [0.2, 0.25) is 5.02 Å². The van der Waals surface area contributed by atoms with E-state index in [2.05, 4.69) is 62.2 Å². The summed E-state index contributed by atoms with van der Waals surface area (Å²) in [6.45, 7) is 4.46. The van der Waals surface area contributed by atoms with Crippen molar-refractivity contribution >= 4 is 23.4 Å². The van der Waals surface area contributed by atoms with Crippen LogP contribution in [-0.4, -0.2) is 12.8 Å². The van der Waals surface area contributed by atoms with Crippen molar-refractivity contribution in [3.05, 3.63) is 64.7 Å². The third-order valence-electron chi connectivity index (χ3n) is 5.06.